The molecule has 1 N–H and O–H groups in total. The lowest BCUT2D eigenvalue weighted by atomic mass is 9.86. The Morgan fingerprint density at radius 3 is 2.78 bits per heavy atom. The highest BCUT2D eigenvalue weighted by atomic mass is 35.5. The number of thioether (sulfide) groups is 1. The lowest BCUT2D eigenvalue weighted by Crippen LogP contribution is -2.41. The van der Waals surface area contributed by atoms with Gasteiger partial charge in [-0.1, -0.05) is 54.7 Å². The van der Waals surface area contributed by atoms with Gasteiger partial charge < -0.3 is 9.88 Å². The molecule has 27 heavy (non-hydrogen) atoms. The van der Waals surface area contributed by atoms with E-state index in [4.69, 9.17) is 23.2 Å². The Labute approximate surface area is 174 Å². The Kier molecular flexibility index (Phi) is 7.06. The third-order valence-electron chi connectivity index (χ3n) is 5.00. The van der Waals surface area contributed by atoms with E-state index >= 15 is 0 Å². The van der Waals surface area contributed by atoms with Gasteiger partial charge in [0.05, 0.1) is 10.8 Å². The molecule has 0 unspecified atom stereocenters. The third-order valence-corrected chi connectivity index (χ3v) is 6.51. The molecule has 146 valence electrons. The van der Waals surface area contributed by atoms with Gasteiger partial charge in [0, 0.05) is 23.2 Å². The van der Waals surface area contributed by atoms with Crippen LogP contribution in [0.15, 0.2) is 23.4 Å². The number of hydrogen-bond acceptors (Lipinski definition) is 4. The van der Waals surface area contributed by atoms with Crippen LogP contribution in [-0.2, 0) is 11.3 Å². The highest BCUT2D eigenvalue weighted by Crippen LogP contribution is 2.31. The minimum atomic E-state index is 0.0514. The van der Waals surface area contributed by atoms with E-state index in [-0.39, 0.29) is 5.91 Å². The summed E-state index contributed by atoms with van der Waals surface area (Å²) < 4.78 is 1.97. The van der Waals surface area contributed by atoms with Crippen molar-refractivity contribution in [3.63, 3.8) is 0 Å². The highest BCUT2D eigenvalue weighted by molar-refractivity contribution is 7.99. The van der Waals surface area contributed by atoms with E-state index in [0.29, 0.717) is 45.3 Å². The van der Waals surface area contributed by atoms with E-state index < -0.39 is 0 Å². The number of benzene rings is 1. The smallest absolute Gasteiger partial charge is 0.230 e. The zero-order valence-electron chi connectivity index (χ0n) is 15.5. The zero-order valence-corrected chi connectivity index (χ0v) is 17.9. The Balaban J connectivity index is 1.67. The monoisotopic (exact) mass is 426 g/mol. The second-order valence-corrected chi connectivity index (χ2v) is 8.69. The minimum absolute atomic E-state index is 0.0514. The van der Waals surface area contributed by atoms with Crippen LogP contribution in [0.1, 0.15) is 39.5 Å². The molecule has 0 aliphatic heterocycles. The van der Waals surface area contributed by atoms with Crippen LogP contribution < -0.4 is 5.32 Å². The number of nitrogens with one attached hydrogen (secondary N) is 1. The molecular formula is C19H24Cl2N4OS. The summed E-state index contributed by atoms with van der Waals surface area (Å²) in [7, 11) is 0. The van der Waals surface area contributed by atoms with Crippen molar-refractivity contribution < 1.29 is 4.79 Å². The lowest BCUT2D eigenvalue weighted by molar-refractivity contribution is -0.119. The molecule has 1 aliphatic carbocycles. The zero-order chi connectivity index (χ0) is 19.4. The minimum Gasteiger partial charge on any atom is -0.352 e. The van der Waals surface area contributed by atoms with Crippen LogP contribution in [0.3, 0.4) is 0 Å². The fourth-order valence-corrected chi connectivity index (χ4v) is 4.77. The van der Waals surface area contributed by atoms with Crippen molar-refractivity contribution in [2.45, 2.75) is 57.3 Å². The third kappa shape index (κ3) is 4.98. The van der Waals surface area contributed by atoms with Crippen LogP contribution in [0.2, 0.25) is 10.0 Å². The van der Waals surface area contributed by atoms with Crippen LogP contribution in [0.4, 0.5) is 0 Å². The maximum atomic E-state index is 12.4. The summed E-state index contributed by atoms with van der Waals surface area (Å²) in [6.45, 7) is 4.92. The predicted octanol–water partition coefficient (Wildman–Crippen LogP) is 5.06. The Morgan fingerprint density at radius 2 is 2.07 bits per heavy atom. The summed E-state index contributed by atoms with van der Waals surface area (Å²) in [5.74, 6) is 1.61. The van der Waals surface area contributed by atoms with Gasteiger partial charge in [0.2, 0.25) is 5.91 Å². The Bertz CT molecular complexity index is 811. The molecule has 5 nitrogen and oxygen atoms in total. The summed E-state index contributed by atoms with van der Waals surface area (Å²) in [5, 5.41) is 13.6. The van der Waals surface area contributed by atoms with Crippen molar-refractivity contribution in [1.82, 2.24) is 20.1 Å². The van der Waals surface area contributed by atoms with Crippen molar-refractivity contribution in [2.75, 3.05) is 5.75 Å². The first kappa shape index (κ1) is 20.5. The standard InChI is InChI=1S/C19H24Cl2N4OS/c1-3-25-18(14-9-8-13(20)10-15(14)21)23-24-19(25)27-11-17(26)22-16-7-5-4-6-12(16)2/h8-10,12,16H,3-7,11H2,1-2H3,(H,22,26)/t12-,16+/m0/s1. The summed E-state index contributed by atoms with van der Waals surface area (Å²) in [4.78, 5) is 12.4. The number of carbonyl (C=O) groups is 1. The topological polar surface area (TPSA) is 59.8 Å². The van der Waals surface area contributed by atoms with Crippen molar-refractivity contribution in [1.29, 1.82) is 0 Å². The van der Waals surface area contributed by atoms with Gasteiger partial charge in [0.1, 0.15) is 0 Å². The summed E-state index contributed by atoms with van der Waals surface area (Å²) in [5.41, 5.74) is 0.780. The van der Waals surface area contributed by atoms with Crippen molar-refractivity contribution in [3.8, 4) is 11.4 Å². The van der Waals surface area contributed by atoms with Crippen LogP contribution in [0.5, 0.6) is 0 Å². The van der Waals surface area contributed by atoms with Gasteiger partial charge in [0.25, 0.3) is 0 Å². The number of amides is 1. The number of carbonyl (C=O) groups excluding carboxylic acids is 1. The molecular weight excluding hydrogens is 403 g/mol. The first-order valence-corrected chi connectivity index (χ1v) is 11.0. The SMILES string of the molecule is CCn1c(SCC(=O)N[C@@H]2CCCC[C@@H]2C)nnc1-c1ccc(Cl)cc1Cl. The van der Waals surface area contributed by atoms with E-state index in [1.165, 1.54) is 31.0 Å². The van der Waals surface area contributed by atoms with Crippen LogP contribution in [-0.4, -0.2) is 32.5 Å². The maximum absolute atomic E-state index is 12.4. The largest absolute Gasteiger partial charge is 0.352 e. The molecule has 8 heteroatoms. The van der Waals surface area contributed by atoms with E-state index in [2.05, 4.69) is 22.4 Å². The fraction of sp³-hybridized carbons (Fsp3) is 0.526. The molecule has 1 amide bonds. The van der Waals surface area contributed by atoms with Crippen molar-refractivity contribution in [2.24, 2.45) is 5.92 Å². The maximum Gasteiger partial charge on any atom is 0.230 e. The van der Waals surface area contributed by atoms with E-state index in [0.717, 1.165) is 12.0 Å². The van der Waals surface area contributed by atoms with Gasteiger partial charge in [-0.25, -0.2) is 0 Å². The molecule has 0 bridgehead atoms. The van der Waals surface area contributed by atoms with Gasteiger partial charge in [0.15, 0.2) is 11.0 Å². The number of nitrogens with zero attached hydrogens (tertiary/aromatic N) is 3. The van der Waals surface area contributed by atoms with Gasteiger partial charge in [-0.3, -0.25) is 4.79 Å². The first-order valence-electron chi connectivity index (χ1n) is 9.30. The molecule has 0 spiro atoms. The van der Waals surface area contributed by atoms with Crippen LogP contribution in [0.25, 0.3) is 11.4 Å². The fourth-order valence-electron chi connectivity index (χ4n) is 3.46. The molecule has 1 fully saturated rings. The second kappa shape index (κ2) is 9.30. The Hall–Kier alpha value is -1.24. The molecule has 1 aromatic heterocycles. The van der Waals surface area contributed by atoms with Gasteiger partial charge in [-0.2, -0.15) is 0 Å². The highest BCUT2D eigenvalue weighted by Gasteiger charge is 2.23. The lowest BCUT2D eigenvalue weighted by Gasteiger charge is -2.29. The van der Waals surface area contributed by atoms with Crippen LogP contribution in [0, 0.1) is 5.92 Å². The summed E-state index contributed by atoms with van der Waals surface area (Å²) in [6, 6.07) is 5.60. The van der Waals surface area contributed by atoms with Crippen LogP contribution >= 0.6 is 35.0 Å². The molecule has 1 saturated carbocycles. The van der Waals surface area contributed by atoms with E-state index in [1.807, 2.05) is 17.6 Å². The van der Waals surface area contributed by atoms with E-state index in [9.17, 15) is 4.79 Å². The van der Waals surface area contributed by atoms with E-state index in [1.54, 1.807) is 12.1 Å². The van der Waals surface area contributed by atoms with Crippen molar-refractivity contribution >= 4 is 40.9 Å². The predicted molar refractivity (Wildman–Crippen MR) is 111 cm³/mol. The molecule has 2 atom stereocenters. The normalized spacial score (nSPS) is 19.9. The second-order valence-electron chi connectivity index (χ2n) is 6.90. The number of aromatic nitrogens is 3. The summed E-state index contributed by atoms with van der Waals surface area (Å²) in [6.07, 6.45) is 4.71. The molecule has 1 aliphatic rings. The number of hydrogen-bond donors (Lipinski definition) is 1. The molecule has 0 saturated heterocycles. The Morgan fingerprint density at radius 1 is 1.30 bits per heavy atom. The average Bonchev–Trinajstić information content (AvgIpc) is 3.04. The quantitative estimate of drug-likeness (QED) is 0.655. The molecule has 1 aromatic carbocycles. The molecule has 3 rings (SSSR count). The summed E-state index contributed by atoms with van der Waals surface area (Å²) >= 11 is 13.7. The average molecular weight is 427 g/mol. The number of halogens is 2. The van der Waals surface area contributed by atoms with Gasteiger partial charge >= 0.3 is 0 Å². The number of rotatable bonds is 6. The molecule has 2 aromatic rings. The first-order chi connectivity index (χ1) is 13.0. The van der Waals surface area contributed by atoms with Crippen molar-refractivity contribution in [3.05, 3.63) is 28.2 Å². The van der Waals surface area contributed by atoms with Gasteiger partial charge in [-0.05, 0) is 43.9 Å². The molecule has 1 heterocycles. The molecule has 0 radical (unpaired) electrons. The van der Waals surface area contributed by atoms with Gasteiger partial charge in [-0.15, -0.1) is 10.2 Å².